The van der Waals surface area contributed by atoms with Gasteiger partial charge in [0.05, 0.1) is 43.0 Å². The molecule has 2 fully saturated rings. The molecule has 2 aliphatic rings. The van der Waals surface area contributed by atoms with Crippen LogP contribution >= 0.6 is 0 Å². The number of hydrogen-bond donors (Lipinski definition) is 1. The minimum atomic E-state index is -4.30. The van der Waals surface area contributed by atoms with E-state index < -0.39 is 30.4 Å². The van der Waals surface area contributed by atoms with Crippen molar-refractivity contribution in [1.82, 2.24) is 19.8 Å². The van der Waals surface area contributed by atoms with Gasteiger partial charge in [0.2, 0.25) is 0 Å². The molecule has 0 spiro atoms. The molecule has 3 aromatic rings. The number of carbonyl (C=O) groups is 1. The molecule has 2 saturated heterocycles. The van der Waals surface area contributed by atoms with Crippen LogP contribution in [0.1, 0.15) is 28.9 Å². The first-order valence-corrected chi connectivity index (χ1v) is 13.0. The monoisotopic (exact) mass is 564 g/mol. The number of ether oxygens (including phenoxy) is 1. The van der Waals surface area contributed by atoms with Crippen molar-refractivity contribution in [2.75, 3.05) is 69.2 Å². The average Bonchev–Trinajstić information content (AvgIpc) is 2.91. The van der Waals surface area contributed by atoms with Crippen LogP contribution in [0.25, 0.3) is 11.0 Å². The van der Waals surface area contributed by atoms with Gasteiger partial charge in [-0.05, 0) is 31.2 Å². The molecule has 1 atom stereocenters. The largest absolute Gasteiger partial charge is 0.401 e. The number of rotatable bonds is 6. The number of morpholine rings is 1. The van der Waals surface area contributed by atoms with Crippen LogP contribution in [0, 0.1) is 11.6 Å². The summed E-state index contributed by atoms with van der Waals surface area (Å²) in [5.74, 6) is -1.16. The molecule has 13 heteroatoms. The first-order chi connectivity index (χ1) is 19.1. The lowest BCUT2D eigenvalue weighted by atomic mass is 10.0. The topological polar surface area (TPSA) is 73.8 Å². The highest BCUT2D eigenvalue weighted by atomic mass is 19.4. The van der Waals surface area contributed by atoms with E-state index in [0.717, 1.165) is 6.07 Å². The zero-order valence-corrected chi connectivity index (χ0v) is 21.8. The summed E-state index contributed by atoms with van der Waals surface area (Å²) in [4.78, 5) is 27.7. The van der Waals surface area contributed by atoms with Crippen LogP contribution < -0.4 is 10.2 Å². The van der Waals surface area contributed by atoms with E-state index in [0.29, 0.717) is 54.3 Å². The SMILES string of the molecule is CC(Nc1cc(F)cc(F)c1)c1cc(C(=O)N2CCN(CC(F)(F)F)CC2)cc2ncc(N3CCOCC3)nc12. The minimum Gasteiger partial charge on any atom is -0.378 e. The van der Waals surface area contributed by atoms with Crippen LogP contribution in [-0.4, -0.2) is 90.9 Å². The van der Waals surface area contributed by atoms with Gasteiger partial charge < -0.3 is 19.9 Å². The van der Waals surface area contributed by atoms with Crippen LogP contribution in [0.3, 0.4) is 0 Å². The maximum Gasteiger partial charge on any atom is 0.401 e. The van der Waals surface area contributed by atoms with Crippen LogP contribution in [0.15, 0.2) is 36.5 Å². The number of amides is 1. The zero-order chi connectivity index (χ0) is 28.4. The molecule has 8 nitrogen and oxygen atoms in total. The van der Waals surface area contributed by atoms with Crippen molar-refractivity contribution in [3.8, 4) is 0 Å². The van der Waals surface area contributed by atoms with Gasteiger partial charge in [0.1, 0.15) is 17.5 Å². The Balaban J connectivity index is 1.46. The number of halogens is 5. The molecular weight excluding hydrogens is 535 g/mol. The molecule has 2 aliphatic heterocycles. The van der Waals surface area contributed by atoms with Gasteiger partial charge in [-0.3, -0.25) is 14.7 Å². The van der Waals surface area contributed by atoms with E-state index in [1.54, 1.807) is 25.3 Å². The summed E-state index contributed by atoms with van der Waals surface area (Å²) in [5, 5.41) is 3.08. The lowest BCUT2D eigenvalue weighted by Crippen LogP contribution is -2.50. The first kappa shape index (κ1) is 28.0. The molecule has 3 heterocycles. The van der Waals surface area contributed by atoms with Crippen molar-refractivity contribution in [3.05, 3.63) is 59.3 Å². The first-order valence-electron chi connectivity index (χ1n) is 13.0. The molecular formula is C27H29F5N6O2. The molecule has 0 saturated carbocycles. The number of benzene rings is 2. The standard InChI is InChI=1S/C27H29F5N6O2/c1-17(34-21-13-19(28)12-20(29)14-21)22-10-18(26(39)38-4-2-36(3-5-38)16-27(30,31)32)11-23-25(22)35-24(15-33-23)37-6-8-40-9-7-37/h10-15,17,34H,2-9,16H2,1H3. The number of piperazine rings is 1. The van der Waals surface area contributed by atoms with Crippen LogP contribution in [0.2, 0.25) is 0 Å². The Morgan fingerprint density at radius 1 is 1.00 bits per heavy atom. The van der Waals surface area contributed by atoms with Crippen molar-refractivity contribution in [1.29, 1.82) is 0 Å². The highest BCUT2D eigenvalue weighted by Gasteiger charge is 2.33. The van der Waals surface area contributed by atoms with Gasteiger partial charge in [-0.1, -0.05) is 0 Å². The van der Waals surface area contributed by atoms with Gasteiger partial charge in [0, 0.05) is 62.1 Å². The summed E-state index contributed by atoms with van der Waals surface area (Å²) >= 11 is 0. The fourth-order valence-corrected chi connectivity index (χ4v) is 5.04. The second kappa shape index (κ2) is 11.5. The minimum absolute atomic E-state index is 0.109. The zero-order valence-electron chi connectivity index (χ0n) is 21.8. The van der Waals surface area contributed by atoms with Crippen LogP contribution in [-0.2, 0) is 4.74 Å². The third-order valence-electron chi connectivity index (χ3n) is 7.02. The van der Waals surface area contributed by atoms with E-state index in [9.17, 15) is 26.7 Å². The molecule has 2 aromatic carbocycles. The van der Waals surface area contributed by atoms with Gasteiger partial charge in [-0.2, -0.15) is 13.2 Å². The molecule has 1 unspecified atom stereocenters. The number of fused-ring (bicyclic) bond motifs is 1. The Morgan fingerprint density at radius 3 is 2.33 bits per heavy atom. The highest BCUT2D eigenvalue weighted by Crippen LogP contribution is 2.30. The molecule has 5 rings (SSSR count). The summed E-state index contributed by atoms with van der Waals surface area (Å²) in [6.45, 7) is 3.69. The van der Waals surface area contributed by atoms with Crippen molar-refractivity contribution >= 4 is 28.4 Å². The lowest BCUT2D eigenvalue weighted by molar-refractivity contribution is -0.148. The number of anilines is 2. The van der Waals surface area contributed by atoms with Crippen molar-refractivity contribution in [3.63, 3.8) is 0 Å². The van der Waals surface area contributed by atoms with E-state index in [2.05, 4.69) is 10.3 Å². The van der Waals surface area contributed by atoms with E-state index in [1.807, 2.05) is 4.90 Å². The number of hydrogen-bond acceptors (Lipinski definition) is 7. The van der Waals surface area contributed by atoms with Gasteiger partial charge in [-0.25, -0.2) is 13.8 Å². The van der Waals surface area contributed by atoms with Gasteiger partial charge in [-0.15, -0.1) is 0 Å². The Kier molecular flexibility index (Phi) is 8.04. The second-order valence-electron chi connectivity index (χ2n) is 9.97. The Morgan fingerprint density at radius 2 is 1.68 bits per heavy atom. The van der Waals surface area contributed by atoms with E-state index in [-0.39, 0.29) is 37.8 Å². The quantitative estimate of drug-likeness (QED) is 0.449. The number of carbonyl (C=O) groups excluding carboxylic acids is 1. The predicted octanol–water partition coefficient (Wildman–Crippen LogP) is 4.24. The van der Waals surface area contributed by atoms with Gasteiger partial charge in [0.25, 0.3) is 5.91 Å². The highest BCUT2D eigenvalue weighted by molar-refractivity contribution is 5.98. The summed E-state index contributed by atoms with van der Waals surface area (Å²) in [6, 6.07) is 5.86. The predicted molar refractivity (Wildman–Crippen MR) is 139 cm³/mol. The number of nitrogens with one attached hydrogen (secondary N) is 1. The van der Waals surface area contributed by atoms with E-state index in [1.165, 1.54) is 21.9 Å². The molecule has 0 bridgehead atoms. The van der Waals surface area contributed by atoms with Crippen molar-refractivity contribution in [2.24, 2.45) is 0 Å². The number of nitrogens with zero attached hydrogens (tertiary/aromatic N) is 5. The lowest BCUT2D eigenvalue weighted by Gasteiger charge is -2.35. The fraction of sp³-hybridized carbons (Fsp3) is 0.444. The van der Waals surface area contributed by atoms with Crippen LogP contribution in [0.4, 0.5) is 33.5 Å². The maximum absolute atomic E-state index is 13.9. The van der Waals surface area contributed by atoms with Crippen molar-refractivity contribution in [2.45, 2.75) is 19.1 Å². The smallest absolute Gasteiger partial charge is 0.378 e. The van der Waals surface area contributed by atoms with Gasteiger partial charge >= 0.3 is 6.18 Å². The molecule has 1 aromatic heterocycles. The van der Waals surface area contributed by atoms with Crippen LogP contribution in [0.5, 0.6) is 0 Å². The maximum atomic E-state index is 13.9. The average molecular weight is 565 g/mol. The number of alkyl halides is 3. The Bertz CT molecular complexity index is 1350. The molecule has 1 N–H and O–H groups in total. The Labute approximate surface area is 227 Å². The second-order valence-corrected chi connectivity index (χ2v) is 9.97. The normalized spacial score (nSPS) is 17.8. The fourth-order valence-electron chi connectivity index (χ4n) is 5.04. The third kappa shape index (κ3) is 6.58. The molecule has 0 radical (unpaired) electrons. The summed E-state index contributed by atoms with van der Waals surface area (Å²) in [6.07, 6.45) is -2.67. The molecule has 214 valence electrons. The van der Waals surface area contributed by atoms with E-state index >= 15 is 0 Å². The third-order valence-corrected chi connectivity index (χ3v) is 7.02. The summed E-state index contributed by atoms with van der Waals surface area (Å²) in [7, 11) is 0. The van der Waals surface area contributed by atoms with E-state index in [4.69, 9.17) is 9.72 Å². The molecule has 40 heavy (non-hydrogen) atoms. The Hall–Kier alpha value is -3.58. The molecule has 0 aliphatic carbocycles. The number of aromatic nitrogens is 2. The molecule has 1 amide bonds. The summed E-state index contributed by atoms with van der Waals surface area (Å²) < 4.78 is 71.5. The summed E-state index contributed by atoms with van der Waals surface area (Å²) in [5.41, 5.74) is 2.08. The van der Waals surface area contributed by atoms with Gasteiger partial charge in [0.15, 0.2) is 0 Å². The van der Waals surface area contributed by atoms with Crippen molar-refractivity contribution < 1.29 is 31.5 Å².